The highest BCUT2D eigenvalue weighted by atomic mass is 35.5. The van der Waals surface area contributed by atoms with Crippen LogP contribution >= 0.6 is 11.6 Å². The first kappa shape index (κ1) is 13.9. The third-order valence-corrected chi connectivity index (χ3v) is 3.33. The summed E-state index contributed by atoms with van der Waals surface area (Å²) in [6.07, 6.45) is 1.27. The normalized spacial score (nSPS) is 11.2. The highest BCUT2D eigenvalue weighted by Gasteiger charge is 2.16. The molecule has 0 aromatic carbocycles. The van der Waals surface area contributed by atoms with Gasteiger partial charge in [0.05, 0.1) is 11.5 Å². The van der Waals surface area contributed by atoms with Crippen LogP contribution in [0, 0.1) is 0 Å². The molecule has 1 rings (SSSR count). The van der Waals surface area contributed by atoms with Gasteiger partial charge in [-0.1, -0.05) is 11.6 Å². The van der Waals surface area contributed by atoms with E-state index in [2.05, 4.69) is 14.4 Å². The van der Waals surface area contributed by atoms with Crippen LogP contribution in [0.15, 0.2) is 23.2 Å². The van der Waals surface area contributed by atoms with Gasteiger partial charge in [0, 0.05) is 6.20 Å². The summed E-state index contributed by atoms with van der Waals surface area (Å²) in [7, 11) is -3.77. The van der Waals surface area contributed by atoms with E-state index >= 15 is 0 Å². The summed E-state index contributed by atoms with van der Waals surface area (Å²) in [5, 5.41) is 0.0593. The van der Waals surface area contributed by atoms with E-state index in [4.69, 9.17) is 11.6 Å². The molecule has 0 spiro atoms. The first-order valence-electron chi connectivity index (χ1n) is 4.72. The molecule has 0 unspecified atom stereocenters. The monoisotopic (exact) mass is 278 g/mol. The highest BCUT2D eigenvalue weighted by molar-refractivity contribution is 7.89. The van der Waals surface area contributed by atoms with Gasteiger partial charge in [0.1, 0.15) is 11.7 Å². The predicted octanol–water partition coefficient (Wildman–Crippen LogP) is 0.576. The summed E-state index contributed by atoms with van der Waals surface area (Å²) in [5.41, 5.74) is 0. The molecule has 0 saturated carbocycles. The smallest absolute Gasteiger partial charge is 0.321 e. The van der Waals surface area contributed by atoms with Gasteiger partial charge in [-0.05, 0) is 19.1 Å². The van der Waals surface area contributed by atoms with Crippen molar-refractivity contribution in [2.24, 2.45) is 0 Å². The number of aromatic nitrogens is 1. The second-order valence-corrected chi connectivity index (χ2v) is 5.10. The fourth-order valence-electron chi connectivity index (χ4n) is 1.00. The number of esters is 1. The Morgan fingerprint density at radius 3 is 2.88 bits per heavy atom. The fraction of sp³-hybridized carbons (Fsp3) is 0.333. The number of nitrogens with one attached hydrogen (secondary N) is 1. The SMILES string of the molecule is CCOC(=O)CNS(=O)(=O)c1ccnc(Cl)c1. The molecular formula is C9H11ClN2O4S. The van der Waals surface area contributed by atoms with E-state index in [0.29, 0.717) is 0 Å². The summed E-state index contributed by atoms with van der Waals surface area (Å²) >= 11 is 5.57. The number of rotatable bonds is 5. The number of carbonyl (C=O) groups is 1. The topological polar surface area (TPSA) is 85.4 Å². The number of hydrogen-bond donors (Lipinski definition) is 1. The molecule has 0 aliphatic carbocycles. The molecule has 1 aromatic rings. The number of pyridine rings is 1. The van der Waals surface area contributed by atoms with Gasteiger partial charge >= 0.3 is 5.97 Å². The molecule has 0 atom stereocenters. The first-order valence-corrected chi connectivity index (χ1v) is 6.58. The lowest BCUT2D eigenvalue weighted by Crippen LogP contribution is -2.30. The van der Waals surface area contributed by atoms with Crippen LogP contribution in [-0.2, 0) is 19.6 Å². The van der Waals surface area contributed by atoms with E-state index in [1.54, 1.807) is 6.92 Å². The molecule has 8 heteroatoms. The molecule has 0 bridgehead atoms. The maximum Gasteiger partial charge on any atom is 0.321 e. The van der Waals surface area contributed by atoms with Gasteiger partial charge in [0.25, 0.3) is 0 Å². The van der Waals surface area contributed by atoms with Gasteiger partial charge in [0.2, 0.25) is 10.0 Å². The van der Waals surface area contributed by atoms with Gasteiger partial charge in [-0.3, -0.25) is 4.79 Å². The van der Waals surface area contributed by atoms with Crippen molar-refractivity contribution in [2.45, 2.75) is 11.8 Å². The van der Waals surface area contributed by atoms with E-state index < -0.39 is 22.5 Å². The molecule has 6 nitrogen and oxygen atoms in total. The average Bonchev–Trinajstić information content (AvgIpc) is 2.27. The van der Waals surface area contributed by atoms with E-state index in [1.807, 2.05) is 0 Å². The summed E-state index contributed by atoms with van der Waals surface area (Å²) in [4.78, 5) is 14.6. The number of halogens is 1. The molecular weight excluding hydrogens is 268 g/mol. The zero-order valence-corrected chi connectivity index (χ0v) is 10.6. The van der Waals surface area contributed by atoms with Crippen LogP contribution in [0.4, 0.5) is 0 Å². The lowest BCUT2D eigenvalue weighted by Gasteiger charge is -2.06. The van der Waals surface area contributed by atoms with Crippen LogP contribution in [0.2, 0.25) is 5.15 Å². The quantitative estimate of drug-likeness (QED) is 0.629. The maximum atomic E-state index is 11.7. The molecule has 17 heavy (non-hydrogen) atoms. The standard InChI is InChI=1S/C9H11ClN2O4S/c1-2-16-9(13)6-12-17(14,15)7-3-4-11-8(10)5-7/h3-5,12H,2,6H2,1H3. The molecule has 0 aliphatic rings. The molecule has 1 heterocycles. The summed E-state index contributed by atoms with van der Waals surface area (Å²) in [5.74, 6) is -0.642. The van der Waals surface area contributed by atoms with E-state index in [0.717, 1.165) is 0 Å². The van der Waals surface area contributed by atoms with Crippen molar-refractivity contribution in [3.8, 4) is 0 Å². The largest absolute Gasteiger partial charge is 0.465 e. The minimum Gasteiger partial charge on any atom is -0.465 e. The fourth-order valence-corrected chi connectivity index (χ4v) is 2.22. The summed E-state index contributed by atoms with van der Waals surface area (Å²) in [6.45, 7) is 1.41. The molecule has 0 radical (unpaired) electrons. The lowest BCUT2D eigenvalue weighted by molar-refractivity contribution is -0.141. The van der Waals surface area contributed by atoms with Crippen molar-refractivity contribution in [2.75, 3.05) is 13.2 Å². The Bertz CT molecular complexity index is 503. The second-order valence-electron chi connectivity index (χ2n) is 2.94. The molecule has 1 N–H and O–H groups in total. The Balaban J connectivity index is 2.73. The Labute approximate surface area is 104 Å². The molecule has 0 fully saturated rings. The van der Waals surface area contributed by atoms with E-state index in [1.165, 1.54) is 18.3 Å². The first-order chi connectivity index (χ1) is 7.95. The Hall–Kier alpha value is -1.18. The van der Waals surface area contributed by atoms with Crippen molar-refractivity contribution in [1.82, 2.24) is 9.71 Å². The number of ether oxygens (including phenoxy) is 1. The minimum atomic E-state index is -3.77. The van der Waals surface area contributed by atoms with Gasteiger partial charge in [-0.2, -0.15) is 4.72 Å². The highest BCUT2D eigenvalue weighted by Crippen LogP contribution is 2.12. The molecule has 94 valence electrons. The zero-order chi connectivity index (χ0) is 12.9. The molecule has 0 amide bonds. The van der Waals surface area contributed by atoms with E-state index in [-0.39, 0.29) is 16.7 Å². The maximum absolute atomic E-state index is 11.7. The van der Waals surface area contributed by atoms with Crippen molar-refractivity contribution in [3.05, 3.63) is 23.5 Å². The Kier molecular flexibility index (Phi) is 4.86. The van der Waals surface area contributed by atoms with Gasteiger partial charge in [-0.25, -0.2) is 13.4 Å². The third kappa shape index (κ3) is 4.29. The van der Waals surface area contributed by atoms with Crippen molar-refractivity contribution in [3.63, 3.8) is 0 Å². The summed E-state index contributed by atoms with van der Waals surface area (Å²) < 4.78 is 30.1. The van der Waals surface area contributed by atoms with Gasteiger partial charge in [0.15, 0.2) is 0 Å². The zero-order valence-electron chi connectivity index (χ0n) is 9.01. The molecule has 1 aromatic heterocycles. The Morgan fingerprint density at radius 1 is 1.59 bits per heavy atom. The number of nitrogens with zero attached hydrogens (tertiary/aromatic N) is 1. The second kappa shape index (κ2) is 5.95. The molecule has 0 saturated heterocycles. The molecule has 0 aliphatic heterocycles. The summed E-state index contributed by atoms with van der Waals surface area (Å²) in [6, 6.07) is 2.47. The van der Waals surface area contributed by atoms with Crippen LogP contribution in [0.5, 0.6) is 0 Å². The van der Waals surface area contributed by atoms with E-state index in [9.17, 15) is 13.2 Å². The van der Waals surface area contributed by atoms with Crippen LogP contribution in [-0.4, -0.2) is 32.5 Å². The predicted molar refractivity (Wildman–Crippen MR) is 61.1 cm³/mol. The van der Waals surface area contributed by atoms with Crippen LogP contribution in [0.3, 0.4) is 0 Å². The number of carbonyl (C=O) groups excluding carboxylic acids is 1. The number of hydrogen-bond acceptors (Lipinski definition) is 5. The van der Waals surface area contributed by atoms with Gasteiger partial charge < -0.3 is 4.74 Å². The third-order valence-electron chi connectivity index (χ3n) is 1.72. The van der Waals surface area contributed by atoms with Crippen LogP contribution in [0.1, 0.15) is 6.92 Å². The van der Waals surface area contributed by atoms with Crippen molar-refractivity contribution >= 4 is 27.6 Å². The Morgan fingerprint density at radius 2 is 2.29 bits per heavy atom. The lowest BCUT2D eigenvalue weighted by atomic mass is 10.5. The van der Waals surface area contributed by atoms with Gasteiger partial charge in [-0.15, -0.1) is 0 Å². The van der Waals surface area contributed by atoms with Crippen LogP contribution in [0.25, 0.3) is 0 Å². The van der Waals surface area contributed by atoms with Crippen molar-refractivity contribution in [1.29, 1.82) is 0 Å². The minimum absolute atomic E-state index is 0.0539. The van der Waals surface area contributed by atoms with Crippen molar-refractivity contribution < 1.29 is 17.9 Å². The number of sulfonamides is 1. The average molecular weight is 279 g/mol. The van der Waals surface area contributed by atoms with Crippen LogP contribution < -0.4 is 4.72 Å².